The van der Waals surface area contributed by atoms with Crippen molar-refractivity contribution in [1.29, 1.82) is 0 Å². The van der Waals surface area contributed by atoms with Crippen LogP contribution in [0, 0.1) is 5.92 Å². The molecule has 0 fully saturated rings. The van der Waals surface area contributed by atoms with E-state index in [1.54, 1.807) is 4.57 Å². The van der Waals surface area contributed by atoms with Crippen molar-refractivity contribution in [2.45, 2.75) is 39.7 Å². The second kappa shape index (κ2) is 8.94. The molecule has 1 aliphatic rings. The van der Waals surface area contributed by atoms with Crippen LogP contribution in [0.3, 0.4) is 0 Å². The summed E-state index contributed by atoms with van der Waals surface area (Å²) < 4.78 is 4.36. The van der Waals surface area contributed by atoms with E-state index >= 15 is 0 Å². The lowest BCUT2D eigenvalue weighted by atomic mass is 9.99. The van der Waals surface area contributed by atoms with Gasteiger partial charge in [0.1, 0.15) is 10.5 Å². The molecule has 4 aromatic rings. The fraction of sp³-hybridized carbons (Fsp3) is 0.360. The SMILES string of the molecule is CC(C)Cn1c(=O)c2sccc2n2c(CCC(=O)N3CC=C(c4ccccc4)CC3)nnc12. The number of aromatic nitrogens is 4. The van der Waals surface area contributed by atoms with Gasteiger partial charge in [-0.15, -0.1) is 21.5 Å². The van der Waals surface area contributed by atoms with Crippen LogP contribution in [0.5, 0.6) is 0 Å². The number of fused-ring (bicyclic) bond motifs is 3. The van der Waals surface area contributed by atoms with E-state index in [-0.39, 0.29) is 11.5 Å². The van der Waals surface area contributed by atoms with Gasteiger partial charge in [0.25, 0.3) is 5.56 Å². The normalized spacial score (nSPS) is 14.4. The third-order valence-corrected chi connectivity index (χ3v) is 6.99. The molecule has 0 N–H and O–H groups in total. The molecule has 0 saturated carbocycles. The molecule has 0 atom stereocenters. The lowest BCUT2D eigenvalue weighted by Gasteiger charge is -2.26. The third kappa shape index (κ3) is 4.11. The predicted molar refractivity (Wildman–Crippen MR) is 131 cm³/mol. The van der Waals surface area contributed by atoms with Gasteiger partial charge in [0.15, 0.2) is 0 Å². The van der Waals surface area contributed by atoms with Crippen molar-refractivity contribution in [2.75, 3.05) is 13.1 Å². The van der Waals surface area contributed by atoms with Crippen LogP contribution < -0.4 is 5.56 Å². The number of aryl methyl sites for hydroxylation is 1. The van der Waals surface area contributed by atoms with Crippen molar-refractivity contribution in [2.24, 2.45) is 5.92 Å². The Kier molecular flexibility index (Phi) is 5.85. The monoisotopic (exact) mass is 461 g/mol. The standard InChI is InChI=1S/C25H27N5O2S/c1-17(2)16-29-24(32)23-20(12-15-33-23)30-21(26-27-25(29)30)8-9-22(31)28-13-10-19(11-14-28)18-6-4-3-5-7-18/h3-7,10,12,15,17H,8-9,11,13-14,16H2,1-2H3. The highest BCUT2D eigenvalue weighted by molar-refractivity contribution is 7.17. The molecule has 0 unspecified atom stereocenters. The minimum absolute atomic E-state index is 0.0226. The van der Waals surface area contributed by atoms with E-state index in [1.165, 1.54) is 22.5 Å². The van der Waals surface area contributed by atoms with Gasteiger partial charge >= 0.3 is 0 Å². The Hall–Kier alpha value is -3.26. The quantitative estimate of drug-likeness (QED) is 0.435. The van der Waals surface area contributed by atoms with E-state index in [9.17, 15) is 9.59 Å². The van der Waals surface area contributed by atoms with Gasteiger partial charge in [-0.1, -0.05) is 50.3 Å². The van der Waals surface area contributed by atoms with Gasteiger partial charge in [0.2, 0.25) is 11.7 Å². The molecule has 0 radical (unpaired) electrons. The molecule has 5 rings (SSSR count). The number of carbonyl (C=O) groups is 1. The summed E-state index contributed by atoms with van der Waals surface area (Å²) >= 11 is 1.44. The fourth-order valence-electron chi connectivity index (χ4n) is 4.46. The highest BCUT2D eigenvalue weighted by Gasteiger charge is 2.21. The number of benzene rings is 1. The molecule has 0 aliphatic carbocycles. The lowest BCUT2D eigenvalue weighted by Crippen LogP contribution is -2.34. The Bertz CT molecular complexity index is 1400. The number of nitrogens with zero attached hydrogens (tertiary/aromatic N) is 5. The first-order chi connectivity index (χ1) is 16.0. The number of hydrogen-bond donors (Lipinski definition) is 0. The van der Waals surface area contributed by atoms with Crippen LogP contribution in [-0.2, 0) is 17.8 Å². The maximum absolute atomic E-state index is 13.0. The van der Waals surface area contributed by atoms with Crippen molar-refractivity contribution >= 4 is 38.8 Å². The van der Waals surface area contributed by atoms with Gasteiger partial charge in [-0.25, -0.2) is 0 Å². The first kappa shape index (κ1) is 21.6. The zero-order valence-electron chi connectivity index (χ0n) is 18.9. The van der Waals surface area contributed by atoms with Crippen LogP contribution in [0.1, 0.15) is 38.1 Å². The third-order valence-electron chi connectivity index (χ3n) is 6.10. The van der Waals surface area contributed by atoms with Crippen molar-refractivity contribution < 1.29 is 4.79 Å². The van der Waals surface area contributed by atoms with Crippen LogP contribution >= 0.6 is 11.3 Å². The zero-order chi connectivity index (χ0) is 22.9. The minimum Gasteiger partial charge on any atom is -0.339 e. The van der Waals surface area contributed by atoms with E-state index in [4.69, 9.17) is 0 Å². The molecule has 1 amide bonds. The molecule has 4 heterocycles. The maximum atomic E-state index is 13.0. The fourth-order valence-corrected chi connectivity index (χ4v) is 5.28. The highest BCUT2D eigenvalue weighted by Crippen LogP contribution is 2.23. The number of hydrogen-bond acceptors (Lipinski definition) is 5. The number of amides is 1. The summed E-state index contributed by atoms with van der Waals surface area (Å²) in [5, 5.41) is 10.6. The summed E-state index contributed by atoms with van der Waals surface area (Å²) in [6.07, 6.45) is 3.87. The second-order valence-electron chi connectivity index (χ2n) is 8.88. The van der Waals surface area contributed by atoms with Crippen molar-refractivity contribution in [3.8, 4) is 0 Å². The Morgan fingerprint density at radius 1 is 1.15 bits per heavy atom. The summed E-state index contributed by atoms with van der Waals surface area (Å²) in [6, 6.07) is 12.3. The number of rotatable bonds is 6. The predicted octanol–water partition coefficient (Wildman–Crippen LogP) is 4.01. The Labute approximate surface area is 196 Å². The lowest BCUT2D eigenvalue weighted by molar-refractivity contribution is -0.130. The molecule has 1 aliphatic heterocycles. The van der Waals surface area contributed by atoms with Crippen LogP contribution in [0.4, 0.5) is 0 Å². The number of thiophene rings is 1. The molecular weight excluding hydrogens is 434 g/mol. The van der Waals surface area contributed by atoms with Crippen LogP contribution in [0.2, 0.25) is 0 Å². The molecule has 0 bridgehead atoms. The smallest absolute Gasteiger partial charge is 0.272 e. The van der Waals surface area contributed by atoms with Gasteiger partial charge in [0, 0.05) is 32.5 Å². The van der Waals surface area contributed by atoms with E-state index in [2.05, 4.69) is 42.3 Å². The maximum Gasteiger partial charge on any atom is 0.272 e. The number of carbonyl (C=O) groups excluding carboxylic acids is 1. The minimum atomic E-state index is -0.0226. The average molecular weight is 462 g/mol. The average Bonchev–Trinajstić information content (AvgIpc) is 3.48. The second-order valence-corrected chi connectivity index (χ2v) is 9.80. The van der Waals surface area contributed by atoms with E-state index < -0.39 is 0 Å². The largest absolute Gasteiger partial charge is 0.339 e. The Morgan fingerprint density at radius 2 is 1.97 bits per heavy atom. The van der Waals surface area contributed by atoms with Gasteiger partial charge in [0.05, 0.1) is 5.52 Å². The van der Waals surface area contributed by atoms with Crippen molar-refractivity contribution in [3.63, 3.8) is 0 Å². The van der Waals surface area contributed by atoms with Crippen molar-refractivity contribution in [3.05, 3.63) is 69.6 Å². The van der Waals surface area contributed by atoms with Gasteiger partial charge in [-0.3, -0.25) is 18.6 Å². The summed E-state index contributed by atoms with van der Waals surface area (Å²) in [4.78, 5) is 27.8. The first-order valence-electron chi connectivity index (χ1n) is 11.4. The van der Waals surface area contributed by atoms with Gasteiger partial charge in [-0.2, -0.15) is 0 Å². The molecule has 1 aromatic carbocycles. The first-order valence-corrected chi connectivity index (χ1v) is 12.3. The summed E-state index contributed by atoms with van der Waals surface area (Å²) in [6.45, 7) is 6.09. The topological polar surface area (TPSA) is 72.5 Å². The zero-order valence-corrected chi connectivity index (χ0v) is 19.7. The molecule has 3 aromatic heterocycles. The molecular formula is C25H27N5O2S. The summed E-state index contributed by atoms with van der Waals surface area (Å²) in [5.41, 5.74) is 3.32. The summed E-state index contributed by atoms with van der Waals surface area (Å²) in [5.74, 6) is 1.69. The van der Waals surface area contributed by atoms with Crippen LogP contribution in [0.15, 0.2) is 52.6 Å². The van der Waals surface area contributed by atoms with E-state index in [1.807, 2.05) is 38.9 Å². The molecule has 0 spiro atoms. The molecule has 33 heavy (non-hydrogen) atoms. The van der Waals surface area contributed by atoms with Gasteiger partial charge in [-0.05, 0) is 34.9 Å². The molecule has 8 heteroatoms. The molecule has 170 valence electrons. The molecule has 7 nitrogen and oxygen atoms in total. The Morgan fingerprint density at radius 3 is 2.70 bits per heavy atom. The van der Waals surface area contributed by atoms with Crippen LogP contribution in [-0.4, -0.2) is 43.1 Å². The van der Waals surface area contributed by atoms with Gasteiger partial charge < -0.3 is 4.90 Å². The van der Waals surface area contributed by atoms with Crippen molar-refractivity contribution in [1.82, 2.24) is 24.1 Å². The Balaban J connectivity index is 1.35. The summed E-state index contributed by atoms with van der Waals surface area (Å²) in [7, 11) is 0. The van der Waals surface area contributed by atoms with Crippen LogP contribution in [0.25, 0.3) is 21.6 Å². The van der Waals surface area contributed by atoms with E-state index in [0.717, 1.165) is 24.3 Å². The highest BCUT2D eigenvalue weighted by atomic mass is 32.1. The van der Waals surface area contributed by atoms with E-state index in [0.29, 0.717) is 42.3 Å². The molecule has 0 saturated heterocycles.